The number of fused-ring (bicyclic) bond motifs is 18. The Labute approximate surface area is 757 Å². The van der Waals surface area contributed by atoms with Crippen LogP contribution < -0.4 is 0 Å². The molecule has 0 bridgehead atoms. The van der Waals surface area contributed by atoms with Crippen LogP contribution in [0.1, 0.15) is 0 Å². The van der Waals surface area contributed by atoms with E-state index >= 15 is 0 Å². The maximum Gasteiger partial charge on any atom is 0.162 e. The van der Waals surface area contributed by atoms with Gasteiger partial charge in [-0.05, 0) is 133 Å². The molecule has 0 fully saturated rings. The van der Waals surface area contributed by atoms with Crippen molar-refractivity contribution in [1.82, 2.24) is 67.3 Å². The van der Waals surface area contributed by atoms with Crippen molar-refractivity contribution in [2.75, 3.05) is 0 Å². The van der Waals surface area contributed by atoms with Crippen molar-refractivity contribution < 1.29 is 0 Å². The predicted octanol–water partition coefficient (Wildman–Crippen LogP) is 28.8. The van der Waals surface area contributed by atoms with Gasteiger partial charge in [0.25, 0.3) is 0 Å². The van der Waals surface area contributed by atoms with E-state index in [1.165, 1.54) is 97.7 Å². The zero-order valence-electron chi connectivity index (χ0n) is 71.1. The van der Waals surface area contributed by atoms with E-state index in [1.807, 2.05) is 91.1 Å². The Bertz CT molecular complexity index is 7980. The molecule has 27 rings (SSSR count). The molecule has 0 N–H and O–H groups in total. The molecule has 618 valence electrons. The third kappa shape index (κ3) is 13.1. The fourth-order valence-electron chi connectivity index (χ4n) is 19.5. The summed E-state index contributed by atoms with van der Waals surface area (Å²) in [5.41, 5.74) is 25.7. The predicted molar refractivity (Wildman–Crippen MR) is 540 cm³/mol. The minimum Gasteiger partial charge on any atom is -0.309 e. The molecular weight excluding hydrogens is 1610 g/mol. The van der Waals surface area contributed by atoms with E-state index < -0.39 is 0 Å². The largest absolute Gasteiger partial charge is 0.309 e. The SMILES string of the molecule is c1ccc(-c2cc(-n3c4ccccc4c4cc(-n5c6ccccc6c6ccccc65)ccc43)nc(-c3ccccc3)n2)cc1.c1ccc(-c2nc(-c3cccnc3)cc(-n3c4ccccc4c4cc(-n5c6ccccc6c6ccccc65)ccc43)n2)cc1.c1ccc(-c2nc(-c3ccncc3)cc(-n3c4ccccc4c4cc(-n5c6ccccc6c6ccccc65)ccc43)n2)cc1. The molecule has 0 aliphatic carbocycles. The molecule has 11 heterocycles. The average Bonchev–Trinajstić information content (AvgIpc) is 1.58. The zero-order valence-corrected chi connectivity index (χ0v) is 71.1. The Morgan fingerprint density at radius 3 is 0.652 bits per heavy atom. The summed E-state index contributed by atoms with van der Waals surface area (Å²) in [5.74, 6) is 4.54. The number of aromatic nitrogens is 14. The number of hydrogen-bond acceptors (Lipinski definition) is 8. The lowest BCUT2D eigenvalue weighted by Crippen LogP contribution is -2.02. The maximum absolute atomic E-state index is 5.17. The standard InChI is InChI=1S/C40H26N4.2C39H25N5/c1-3-13-27(14-4-1)34-26-39(42-40(41-34)28-15-5-2-6-16-28)44-37-22-12-9-19-32(37)33-25-29(23-24-38(33)44)43-35-20-10-7-17-30(35)31-18-8-11-21-36(31)43;1-2-11-26(12-3-1)39-41-33(27-13-10-22-40-25-27)24-38(42-39)44-36-19-9-6-16-31(36)32-23-28(20-21-37(32)44)43-34-17-7-4-14-29(34)30-15-5-8-18-35(30)43;1-2-10-27(11-3-1)39-41-33(26-20-22-40-23-21-26)25-38(42-39)44-36-17-9-6-14-31(36)32-24-28(18-19-37(32)44)43-34-15-7-4-12-29(34)30-13-5-8-16-35(30)43/h1-26H;2*1-25H. The molecule has 0 aliphatic rings. The van der Waals surface area contributed by atoms with Gasteiger partial charge in [-0.15, -0.1) is 0 Å². The van der Waals surface area contributed by atoms with Gasteiger partial charge in [0.05, 0.1) is 83.3 Å². The van der Waals surface area contributed by atoms with E-state index in [1.54, 1.807) is 18.6 Å². The van der Waals surface area contributed by atoms with Crippen LogP contribution in [0.5, 0.6) is 0 Å². The van der Waals surface area contributed by atoms with Crippen LogP contribution in [0, 0.1) is 0 Å². The molecule has 132 heavy (non-hydrogen) atoms. The molecule has 0 saturated carbocycles. The van der Waals surface area contributed by atoms with Crippen LogP contribution in [0.15, 0.2) is 462 Å². The van der Waals surface area contributed by atoms with Gasteiger partial charge in [-0.25, -0.2) is 29.9 Å². The molecule has 0 aliphatic heterocycles. The highest BCUT2D eigenvalue weighted by Gasteiger charge is 2.25. The molecule has 11 aromatic heterocycles. The highest BCUT2D eigenvalue weighted by atomic mass is 15.1. The Morgan fingerprint density at radius 1 is 0.144 bits per heavy atom. The lowest BCUT2D eigenvalue weighted by molar-refractivity contribution is 1.05. The second-order valence-corrected chi connectivity index (χ2v) is 33.0. The third-order valence-corrected chi connectivity index (χ3v) is 25.4. The van der Waals surface area contributed by atoms with E-state index in [0.29, 0.717) is 17.5 Å². The smallest absolute Gasteiger partial charge is 0.162 e. The summed E-state index contributed by atoms with van der Waals surface area (Å²) in [7, 11) is 0. The number of para-hydroxylation sites is 9. The summed E-state index contributed by atoms with van der Waals surface area (Å²) in [6.45, 7) is 0. The molecular formula is C118H76N14. The van der Waals surface area contributed by atoms with Gasteiger partial charge in [-0.2, -0.15) is 0 Å². The monoisotopic (exact) mass is 1690 g/mol. The molecule has 0 atom stereocenters. The van der Waals surface area contributed by atoms with Crippen LogP contribution in [0.2, 0.25) is 0 Å². The normalized spacial score (nSPS) is 11.6. The first-order chi connectivity index (χ1) is 65.5. The number of nitrogens with zero attached hydrogens (tertiary/aromatic N) is 14. The summed E-state index contributed by atoms with van der Waals surface area (Å²) in [5, 5.41) is 14.6. The fraction of sp³-hybridized carbons (Fsp3) is 0. The fourth-order valence-corrected chi connectivity index (χ4v) is 19.5. The minimum atomic E-state index is 0.676. The number of rotatable bonds is 12. The highest BCUT2D eigenvalue weighted by Crippen LogP contribution is 2.44. The zero-order chi connectivity index (χ0) is 87.1. The second kappa shape index (κ2) is 32.1. The summed E-state index contributed by atoms with van der Waals surface area (Å²) >= 11 is 0. The molecule has 0 radical (unpaired) electrons. The van der Waals surface area contributed by atoms with Gasteiger partial charge in [-0.3, -0.25) is 23.7 Å². The first-order valence-corrected chi connectivity index (χ1v) is 44.3. The molecule has 0 amide bonds. The molecule has 14 heteroatoms. The van der Waals surface area contributed by atoms with E-state index in [0.717, 1.165) is 118 Å². The number of pyridine rings is 2. The van der Waals surface area contributed by atoms with Crippen molar-refractivity contribution in [3.63, 3.8) is 0 Å². The summed E-state index contributed by atoms with van der Waals surface area (Å²) in [6, 6.07) is 153. The van der Waals surface area contributed by atoms with Crippen molar-refractivity contribution >= 4 is 131 Å². The van der Waals surface area contributed by atoms with Crippen LogP contribution in [0.4, 0.5) is 0 Å². The van der Waals surface area contributed by atoms with E-state index in [4.69, 9.17) is 29.9 Å². The van der Waals surface area contributed by atoms with E-state index in [2.05, 4.69) is 389 Å². The molecule has 16 aromatic carbocycles. The van der Waals surface area contributed by atoms with Crippen molar-refractivity contribution in [2.45, 2.75) is 0 Å². The first-order valence-electron chi connectivity index (χ1n) is 44.3. The second-order valence-electron chi connectivity index (χ2n) is 33.0. The molecule has 0 unspecified atom stereocenters. The van der Waals surface area contributed by atoms with Crippen LogP contribution >= 0.6 is 0 Å². The van der Waals surface area contributed by atoms with Gasteiger partial charge in [0, 0.05) is 158 Å². The Morgan fingerprint density at radius 2 is 0.371 bits per heavy atom. The maximum atomic E-state index is 5.17. The van der Waals surface area contributed by atoms with E-state index in [9.17, 15) is 0 Å². The Balaban J connectivity index is 0.000000106. The van der Waals surface area contributed by atoms with Gasteiger partial charge < -0.3 is 13.7 Å². The van der Waals surface area contributed by atoms with Crippen LogP contribution in [0.3, 0.4) is 0 Å². The summed E-state index contributed by atoms with van der Waals surface area (Å²) in [6.07, 6.45) is 7.24. The lowest BCUT2D eigenvalue weighted by atomic mass is 10.1. The van der Waals surface area contributed by atoms with Gasteiger partial charge in [0.1, 0.15) is 17.5 Å². The van der Waals surface area contributed by atoms with Crippen LogP contribution in [-0.4, -0.2) is 67.3 Å². The molecule has 14 nitrogen and oxygen atoms in total. The van der Waals surface area contributed by atoms with Crippen molar-refractivity contribution in [3.05, 3.63) is 462 Å². The third-order valence-electron chi connectivity index (χ3n) is 25.4. The Kier molecular flexibility index (Phi) is 18.5. The topological polar surface area (TPSA) is 133 Å². The lowest BCUT2D eigenvalue weighted by Gasteiger charge is -2.12. The average molecular weight is 1690 g/mol. The number of benzene rings is 16. The quantitative estimate of drug-likeness (QED) is 0.118. The molecule has 0 saturated heterocycles. The Hall–Kier alpha value is -18.1. The van der Waals surface area contributed by atoms with Crippen LogP contribution in [0.25, 0.3) is 233 Å². The number of hydrogen-bond donors (Lipinski definition) is 0. The van der Waals surface area contributed by atoms with Crippen molar-refractivity contribution in [2.24, 2.45) is 0 Å². The van der Waals surface area contributed by atoms with Gasteiger partial charge in [-0.1, -0.05) is 285 Å². The van der Waals surface area contributed by atoms with Crippen molar-refractivity contribution in [3.8, 4) is 102 Å². The summed E-state index contributed by atoms with van der Waals surface area (Å²) < 4.78 is 13.9. The van der Waals surface area contributed by atoms with Crippen molar-refractivity contribution in [1.29, 1.82) is 0 Å². The highest BCUT2D eigenvalue weighted by molar-refractivity contribution is 6.16. The van der Waals surface area contributed by atoms with Gasteiger partial charge in [0.15, 0.2) is 17.5 Å². The molecule has 27 aromatic rings. The van der Waals surface area contributed by atoms with Crippen LogP contribution in [-0.2, 0) is 0 Å². The minimum absolute atomic E-state index is 0.676. The van der Waals surface area contributed by atoms with Gasteiger partial charge >= 0.3 is 0 Å². The van der Waals surface area contributed by atoms with E-state index in [-0.39, 0.29) is 0 Å². The molecule has 0 spiro atoms. The van der Waals surface area contributed by atoms with Gasteiger partial charge in [0.2, 0.25) is 0 Å². The summed E-state index contributed by atoms with van der Waals surface area (Å²) in [4.78, 5) is 39.1. The first kappa shape index (κ1) is 76.3.